The number of carbonyl (C=O) groups is 3. The molecule has 1 aliphatic carbocycles. The molecule has 1 aliphatic heterocycles. The van der Waals surface area contributed by atoms with E-state index in [4.69, 9.17) is 0 Å². The summed E-state index contributed by atoms with van der Waals surface area (Å²) in [6, 6.07) is 16.2. The summed E-state index contributed by atoms with van der Waals surface area (Å²) in [5.74, 6) is -1.56. The summed E-state index contributed by atoms with van der Waals surface area (Å²) in [5.41, 5.74) is 1.96. The zero-order valence-electron chi connectivity index (χ0n) is 15.7. The summed E-state index contributed by atoms with van der Waals surface area (Å²) in [6.07, 6.45) is 4.97. The van der Waals surface area contributed by atoms with Crippen molar-refractivity contribution >= 4 is 34.8 Å². The van der Waals surface area contributed by atoms with Crippen LogP contribution in [0.5, 0.6) is 0 Å². The van der Waals surface area contributed by atoms with Gasteiger partial charge in [-0.2, -0.15) is 10.2 Å². The Balaban J connectivity index is 1.35. The Morgan fingerprint density at radius 1 is 0.862 bits per heavy atom. The van der Waals surface area contributed by atoms with Gasteiger partial charge >= 0.3 is 0 Å². The highest BCUT2D eigenvalue weighted by atomic mass is 16.2. The maximum absolute atomic E-state index is 12.4. The molecule has 7 heteroatoms. The lowest BCUT2D eigenvalue weighted by Crippen LogP contribution is -2.38. The number of amides is 3. The molecule has 2 atom stereocenters. The minimum absolute atomic E-state index is 0.254. The van der Waals surface area contributed by atoms with E-state index in [-0.39, 0.29) is 30.2 Å². The van der Waals surface area contributed by atoms with Gasteiger partial charge in [-0.1, -0.05) is 30.4 Å². The smallest absolute Gasteiger partial charge is 0.244 e. The molecule has 1 heterocycles. The Labute approximate surface area is 168 Å². The molecule has 4 rings (SSSR count). The molecule has 146 valence electrons. The fraction of sp³-hybridized carbons (Fsp3) is 0.227. The number of imide groups is 1. The topological polar surface area (TPSA) is 91.2 Å². The number of azo groups is 1. The molecule has 0 radical (unpaired) electrons. The standard InChI is InChI=1S/C22H20N4O3/c27-20(14-26-21(28)18-8-4-5-9-19(18)22(26)29)23-15-10-12-17(13-11-15)25-24-16-6-2-1-3-7-16/h1-7,10-13,18-19H,8-9,14H2,(H,23,27)/t18-,19-/m0/s1. The van der Waals surface area contributed by atoms with Gasteiger partial charge in [0.15, 0.2) is 0 Å². The van der Waals surface area contributed by atoms with Crippen LogP contribution in [0.4, 0.5) is 17.1 Å². The third-order valence-corrected chi connectivity index (χ3v) is 5.09. The Morgan fingerprint density at radius 2 is 1.41 bits per heavy atom. The minimum Gasteiger partial charge on any atom is -0.325 e. The molecular formula is C22H20N4O3. The number of nitrogens with one attached hydrogen (secondary N) is 1. The third-order valence-electron chi connectivity index (χ3n) is 5.09. The highest BCUT2D eigenvalue weighted by Gasteiger charge is 2.47. The Kier molecular flexibility index (Phi) is 5.29. The quantitative estimate of drug-likeness (QED) is 0.477. The van der Waals surface area contributed by atoms with Crippen molar-refractivity contribution in [3.05, 3.63) is 66.7 Å². The van der Waals surface area contributed by atoms with Crippen molar-refractivity contribution in [2.24, 2.45) is 22.1 Å². The Morgan fingerprint density at radius 3 is 2.00 bits per heavy atom. The number of fused-ring (bicyclic) bond motifs is 1. The number of allylic oxidation sites excluding steroid dienone is 2. The van der Waals surface area contributed by atoms with Crippen molar-refractivity contribution in [2.45, 2.75) is 12.8 Å². The fourth-order valence-corrected chi connectivity index (χ4v) is 3.59. The molecule has 0 aromatic heterocycles. The number of hydrogen-bond donors (Lipinski definition) is 1. The molecular weight excluding hydrogens is 368 g/mol. The van der Waals surface area contributed by atoms with Crippen LogP contribution in [-0.4, -0.2) is 29.2 Å². The lowest BCUT2D eigenvalue weighted by molar-refractivity contribution is -0.142. The van der Waals surface area contributed by atoms with E-state index in [2.05, 4.69) is 15.5 Å². The van der Waals surface area contributed by atoms with Gasteiger partial charge in [0, 0.05) is 5.69 Å². The molecule has 1 fully saturated rings. The molecule has 3 amide bonds. The van der Waals surface area contributed by atoms with Crippen molar-refractivity contribution in [3.8, 4) is 0 Å². The predicted octanol–water partition coefficient (Wildman–Crippen LogP) is 3.99. The van der Waals surface area contributed by atoms with E-state index in [9.17, 15) is 14.4 Å². The van der Waals surface area contributed by atoms with Gasteiger partial charge in [0.1, 0.15) is 6.54 Å². The number of nitrogens with zero attached hydrogens (tertiary/aromatic N) is 3. The van der Waals surface area contributed by atoms with E-state index in [1.165, 1.54) is 0 Å². The normalized spacial score (nSPS) is 20.9. The first kappa shape index (κ1) is 18.7. The zero-order valence-corrected chi connectivity index (χ0v) is 15.7. The van der Waals surface area contributed by atoms with E-state index in [1.54, 1.807) is 24.3 Å². The second kappa shape index (κ2) is 8.18. The first-order valence-corrected chi connectivity index (χ1v) is 9.49. The van der Waals surface area contributed by atoms with E-state index in [0.717, 1.165) is 10.6 Å². The summed E-state index contributed by atoms with van der Waals surface area (Å²) in [4.78, 5) is 38.3. The number of rotatable bonds is 5. The maximum Gasteiger partial charge on any atom is 0.244 e. The molecule has 2 aromatic rings. The second-order valence-corrected chi connectivity index (χ2v) is 7.05. The van der Waals surface area contributed by atoms with Crippen LogP contribution in [0, 0.1) is 11.8 Å². The summed E-state index contributed by atoms with van der Waals surface area (Å²) in [5, 5.41) is 11.0. The van der Waals surface area contributed by atoms with E-state index < -0.39 is 5.91 Å². The van der Waals surface area contributed by atoms with E-state index in [0.29, 0.717) is 24.2 Å². The van der Waals surface area contributed by atoms with Crippen LogP contribution < -0.4 is 5.32 Å². The van der Waals surface area contributed by atoms with Crippen molar-refractivity contribution in [1.82, 2.24) is 4.90 Å². The van der Waals surface area contributed by atoms with Crippen molar-refractivity contribution in [2.75, 3.05) is 11.9 Å². The minimum atomic E-state index is -0.406. The molecule has 2 aliphatic rings. The Bertz CT molecular complexity index is 957. The summed E-state index contributed by atoms with van der Waals surface area (Å²) in [7, 11) is 0. The van der Waals surface area contributed by atoms with Gasteiger partial charge in [-0.25, -0.2) is 0 Å². The van der Waals surface area contributed by atoms with Crippen molar-refractivity contribution < 1.29 is 14.4 Å². The lowest BCUT2D eigenvalue weighted by atomic mass is 9.85. The highest BCUT2D eigenvalue weighted by molar-refractivity contribution is 6.08. The molecule has 1 saturated heterocycles. The summed E-state index contributed by atoms with van der Waals surface area (Å²) >= 11 is 0. The van der Waals surface area contributed by atoms with Gasteiger partial charge < -0.3 is 5.32 Å². The van der Waals surface area contributed by atoms with Gasteiger partial charge in [-0.3, -0.25) is 19.3 Å². The van der Waals surface area contributed by atoms with Gasteiger partial charge in [-0.15, -0.1) is 0 Å². The van der Waals surface area contributed by atoms with Crippen LogP contribution in [0.3, 0.4) is 0 Å². The molecule has 7 nitrogen and oxygen atoms in total. The van der Waals surface area contributed by atoms with Crippen LogP contribution in [0.15, 0.2) is 77.0 Å². The van der Waals surface area contributed by atoms with Crippen LogP contribution in [0.2, 0.25) is 0 Å². The monoisotopic (exact) mass is 388 g/mol. The first-order valence-electron chi connectivity index (χ1n) is 9.49. The number of likely N-dealkylation sites (tertiary alicyclic amines) is 1. The van der Waals surface area contributed by atoms with Crippen molar-refractivity contribution in [3.63, 3.8) is 0 Å². The third kappa shape index (κ3) is 4.13. The van der Waals surface area contributed by atoms with Crippen LogP contribution in [0.25, 0.3) is 0 Å². The number of benzene rings is 2. The molecule has 0 bridgehead atoms. The lowest BCUT2D eigenvalue weighted by Gasteiger charge is -2.14. The van der Waals surface area contributed by atoms with Crippen LogP contribution >= 0.6 is 0 Å². The number of anilines is 1. The second-order valence-electron chi connectivity index (χ2n) is 7.05. The first-order chi connectivity index (χ1) is 14.1. The fourth-order valence-electron chi connectivity index (χ4n) is 3.59. The largest absolute Gasteiger partial charge is 0.325 e. The SMILES string of the molecule is O=C(CN1C(=O)[C@H]2CC=CC[C@@H]2C1=O)Nc1ccc(N=Nc2ccccc2)cc1. The van der Waals surface area contributed by atoms with Gasteiger partial charge in [0.25, 0.3) is 0 Å². The Hall–Kier alpha value is -3.61. The predicted molar refractivity (Wildman–Crippen MR) is 108 cm³/mol. The summed E-state index contributed by atoms with van der Waals surface area (Å²) in [6.45, 7) is -0.264. The van der Waals surface area contributed by atoms with Crippen LogP contribution in [0.1, 0.15) is 12.8 Å². The summed E-state index contributed by atoms with van der Waals surface area (Å²) < 4.78 is 0. The van der Waals surface area contributed by atoms with Gasteiger partial charge in [0.05, 0.1) is 23.2 Å². The van der Waals surface area contributed by atoms with Crippen LogP contribution in [-0.2, 0) is 14.4 Å². The molecule has 29 heavy (non-hydrogen) atoms. The maximum atomic E-state index is 12.4. The molecule has 0 saturated carbocycles. The van der Waals surface area contributed by atoms with Gasteiger partial charge in [-0.05, 0) is 49.2 Å². The van der Waals surface area contributed by atoms with Gasteiger partial charge in [0.2, 0.25) is 17.7 Å². The zero-order chi connectivity index (χ0) is 20.2. The average Bonchev–Trinajstić information content (AvgIpc) is 2.99. The van der Waals surface area contributed by atoms with Crippen molar-refractivity contribution in [1.29, 1.82) is 0 Å². The van der Waals surface area contributed by atoms with E-state index >= 15 is 0 Å². The highest BCUT2D eigenvalue weighted by Crippen LogP contribution is 2.34. The molecule has 0 spiro atoms. The average molecular weight is 388 g/mol. The molecule has 2 aromatic carbocycles. The molecule has 1 N–H and O–H groups in total. The number of carbonyl (C=O) groups excluding carboxylic acids is 3. The number of hydrogen-bond acceptors (Lipinski definition) is 5. The van der Waals surface area contributed by atoms with E-state index in [1.807, 2.05) is 42.5 Å². The molecule has 0 unspecified atom stereocenters.